The van der Waals surface area contributed by atoms with E-state index in [1.54, 1.807) is 0 Å². The Morgan fingerprint density at radius 3 is 2.24 bits per heavy atom. The van der Waals surface area contributed by atoms with Gasteiger partial charge in [-0.2, -0.15) is 4.39 Å². The summed E-state index contributed by atoms with van der Waals surface area (Å²) in [5, 5.41) is 21.4. The summed E-state index contributed by atoms with van der Waals surface area (Å²) in [6.45, 7) is 0. The Morgan fingerprint density at radius 2 is 1.67 bits per heavy atom. The zero-order valence-electron chi connectivity index (χ0n) is 10.2. The summed E-state index contributed by atoms with van der Waals surface area (Å²) in [6.07, 6.45) is 0. The predicted octanol–water partition coefficient (Wildman–Crippen LogP) is 4.20. The SMILES string of the molecule is O=[N+]([O-])c1ccc(Oc2ccc(Br)cc2[N+](=O)[O-])cc1F. The third-order valence-corrected chi connectivity index (χ3v) is 2.95. The van der Waals surface area contributed by atoms with Crippen molar-refractivity contribution < 1.29 is 19.0 Å². The summed E-state index contributed by atoms with van der Waals surface area (Å²) in [5.74, 6) is -1.27. The molecule has 0 aliphatic heterocycles. The van der Waals surface area contributed by atoms with Gasteiger partial charge in [0, 0.05) is 22.7 Å². The van der Waals surface area contributed by atoms with E-state index in [1.165, 1.54) is 18.2 Å². The fraction of sp³-hybridized carbons (Fsp3) is 0. The Morgan fingerprint density at radius 1 is 1.00 bits per heavy atom. The summed E-state index contributed by atoms with van der Waals surface area (Å²) in [6, 6.07) is 6.97. The van der Waals surface area contributed by atoms with Crippen LogP contribution >= 0.6 is 15.9 Å². The number of hydrogen-bond acceptors (Lipinski definition) is 5. The standard InChI is InChI=1S/C12H6BrFN2O5/c13-7-1-4-12(11(5-7)16(19)20)21-8-2-3-10(15(17)18)9(14)6-8/h1-6H. The van der Waals surface area contributed by atoms with Crippen LogP contribution in [0.5, 0.6) is 11.5 Å². The summed E-state index contributed by atoms with van der Waals surface area (Å²) in [5.41, 5.74) is -1.02. The largest absolute Gasteiger partial charge is 0.450 e. The van der Waals surface area contributed by atoms with Crippen LogP contribution in [0, 0.1) is 26.0 Å². The molecule has 0 heterocycles. The van der Waals surface area contributed by atoms with Crippen LogP contribution in [0.1, 0.15) is 0 Å². The molecular weight excluding hydrogens is 351 g/mol. The molecule has 0 atom stereocenters. The van der Waals surface area contributed by atoms with Gasteiger partial charge in [0.1, 0.15) is 5.75 Å². The zero-order valence-corrected chi connectivity index (χ0v) is 11.7. The van der Waals surface area contributed by atoms with E-state index in [2.05, 4.69) is 15.9 Å². The zero-order chi connectivity index (χ0) is 15.6. The Balaban J connectivity index is 2.37. The summed E-state index contributed by atoms with van der Waals surface area (Å²) in [4.78, 5) is 19.9. The number of halogens is 2. The molecule has 0 fully saturated rings. The van der Waals surface area contributed by atoms with Crippen molar-refractivity contribution >= 4 is 27.3 Å². The van der Waals surface area contributed by atoms with Gasteiger partial charge in [0.25, 0.3) is 0 Å². The molecule has 2 aromatic rings. The molecule has 0 unspecified atom stereocenters. The van der Waals surface area contributed by atoms with Crippen LogP contribution in [-0.4, -0.2) is 9.85 Å². The predicted molar refractivity (Wildman–Crippen MR) is 73.9 cm³/mol. The minimum Gasteiger partial charge on any atom is -0.450 e. The first-order chi connectivity index (χ1) is 9.88. The lowest BCUT2D eigenvalue weighted by atomic mass is 10.2. The van der Waals surface area contributed by atoms with Crippen molar-refractivity contribution in [1.82, 2.24) is 0 Å². The smallest absolute Gasteiger partial charge is 0.312 e. The van der Waals surface area contributed by atoms with E-state index >= 15 is 0 Å². The second kappa shape index (κ2) is 5.83. The quantitative estimate of drug-likeness (QED) is 0.604. The van der Waals surface area contributed by atoms with Crippen LogP contribution in [0.3, 0.4) is 0 Å². The Labute approximate surface area is 125 Å². The molecule has 0 aliphatic carbocycles. The Bertz CT molecular complexity index is 738. The highest BCUT2D eigenvalue weighted by Gasteiger charge is 2.19. The van der Waals surface area contributed by atoms with Crippen LogP contribution in [0.2, 0.25) is 0 Å². The highest BCUT2D eigenvalue weighted by molar-refractivity contribution is 9.10. The highest BCUT2D eigenvalue weighted by atomic mass is 79.9. The minimum atomic E-state index is -1.09. The number of ether oxygens (including phenoxy) is 1. The fourth-order valence-electron chi connectivity index (χ4n) is 1.55. The summed E-state index contributed by atoms with van der Waals surface area (Å²) < 4.78 is 19.2. The van der Waals surface area contributed by atoms with E-state index in [4.69, 9.17) is 4.74 Å². The van der Waals surface area contributed by atoms with Crippen LogP contribution in [0.4, 0.5) is 15.8 Å². The topological polar surface area (TPSA) is 95.5 Å². The number of rotatable bonds is 4. The molecule has 0 saturated heterocycles. The first-order valence-corrected chi connectivity index (χ1v) is 6.23. The molecule has 0 aromatic heterocycles. The minimum absolute atomic E-state index is 0.0801. The average molecular weight is 357 g/mol. The van der Waals surface area contributed by atoms with Crippen molar-refractivity contribution in [3.63, 3.8) is 0 Å². The first-order valence-electron chi connectivity index (χ1n) is 5.44. The van der Waals surface area contributed by atoms with Gasteiger partial charge in [-0.1, -0.05) is 15.9 Å². The number of nitro groups is 2. The molecule has 0 aliphatic rings. The molecule has 108 valence electrons. The monoisotopic (exact) mass is 356 g/mol. The van der Waals surface area contributed by atoms with Crippen molar-refractivity contribution in [1.29, 1.82) is 0 Å². The molecule has 9 heteroatoms. The maximum atomic E-state index is 13.5. The molecule has 7 nitrogen and oxygen atoms in total. The van der Waals surface area contributed by atoms with Crippen molar-refractivity contribution in [3.05, 3.63) is 66.9 Å². The van der Waals surface area contributed by atoms with Gasteiger partial charge in [0.05, 0.1) is 9.85 Å². The van der Waals surface area contributed by atoms with Crippen LogP contribution in [0.25, 0.3) is 0 Å². The summed E-state index contributed by atoms with van der Waals surface area (Å²) in [7, 11) is 0. The normalized spacial score (nSPS) is 10.2. The first kappa shape index (κ1) is 14.9. The number of nitrogens with zero attached hydrogens (tertiary/aromatic N) is 2. The van der Waals surface area contributed by atoms with Gasteiger partial charge in [-0.15, -0.1) is 0 Å². The molecular formula is C12H6BrFN2O5. The molecule has 0 spiro atoms. The van der Waals surface area contributed by atoms with Crippen LogP contribution < -0.4 is 4.74 Å². The lowest BCUT2D eigenvalue weighted by Gasteiger charge is -2.06. The second-order valence-electron chi connectivity index (χ2n) is 3.84. The van der Waals surface area contributed by atoms with Gasteiger partial charge in [-0.05, 0) is 18.2 Å². The molecule has 0 bridgehead atoms. The third-order valence-electron chi connectivity index (χ3n) is 2.46. The van der Waals surface area contributed by atoms with Crippen LogP contribution in [-0.2, 0) is 0 Å². The number of nitro benzene ring substituents is 2. The number of benzene rings is 2. The summed E-state index contributed by atoms with van der Waals surface area (Å²) >= 11 is 3.09. The molecule has 0 N–H and O–H groups in total. The van der Waals surface area contributed by atoms with Crippen molar-refractivity contribution in [3.8, 4) is 11.5 Å². The molecule has 2 rings (SSSR count). The van der Waals surface area contributed by atoms with E-state index in [-0.39, 0.29) is 17.2 Å². The maximum Gasteiger partial charge on any atom is 0.312 e. The fourth-order valence-corrected chi connectivity index (χ4v) is 1.89. The lowest BCUT2D eigenvalue weighted by molar-refractivity contribution is -0.387. The van der Waals surface area contributed by atoms with Crippen molar-refractivity contribution in [2.45, 2.75) is 0 Å². The van der Waals surface area contributed by atoms with Gasteiger partial charge in [-0.25, -0.2) is 0 Å². The molecule has 0 saturated carbocycles. The Kier molecular flexibility index (Phi) is 4.13. The van der Waals surface area contributed by atoms with E-state index < -0.39 is 21.4 Å². The van der Waals surface area contributed by atoms with E-state index in [1.807, 2.05) is 0 Å². The van der Waals surface area contributed by atoms with Gasteiger partial charge >= 0.3 is 11.4 Å². The van der Waals surface area contributed by atoms with Gasteiger partial charge in [0.2, 0.25) is 11.6 Å². The molecule has 21 heavy (non-hydrogen) atoms. The van der Waals surface area contributed by atoms with Gasteiger partial charge in [-0.3, -0.25) is 20.2 Å². The van der Waals surface area contributed by atoms with E-state index in [0.29, 0.717) is 4.47 Å². The highest BCUT2D eigenvalue weighted by Crippen LogP contribution is 2.34. The van der Waals surface area contributed by atoms with Crippen LogP contribution in [0.15, 0.2) is 40.9 Å². The molecule has 0 amide bonds. The van der Waals surface area contributed by atoms with Crippen molar-refractivity contribution in [2.75, 3.05) is 0 Å². The van der Waals surface area contributed by atoms with Gasteiger partial charge < -0.3 is 4.74 Å². The maximum absolute atomic E-state index is 13.5. The van der Waals surface area contributed by atoms with Gasteiger partial charge in [0.15, 0.2) is 0 Å². The van der Waals surface area contributed by atoms with E-state index in [0.717, 1.165) is 18.2 Å². The van der Waals surface area contributed by atoms with Crippen molar-refractivity contribution in [2.24, 2.45) is 0 Å². The number of hydrogen-bond donors (Lipinski definition) is 0. The molecule has 0 radical (unpaired) electrons. The Hall–Kier alpha value is -2.55. The second-order valence-corrected chi connectivity index (χ2v) is 4.76. The average Bonchev–Trinajstić information content (AvgIpc) is 2.40. The lowest BCUT2D eigenvalue weighted by Crippen LogP contribution is -1.95. The third kappa shape index (κ3) is 3.31. The van der Waals surface area contributed by atoms with E-state index in [9.17, 15) is 24.6 Å². The molecule has 2 aromatic carbocycles.